The van der Waals surface area contributed by atoms with Crippen LogP contribution in [-0.2, 0) is 5.41 Å². The maximum absolute atomic E-state index is 2.40. The van der Waals surface area contributed by atoms with Crippen molar-refractivity contribution in [3.63, 3.8) is 0 Å². The van der Waals surface area contributed by atoms with E-state index in [4.69, 9.17) is 0 Å². The van der Waals surface area contributed by atoms with Gasteiger partial charge in [0.05, 0.1) is 0 Å². The molecule has 0 amide bonds. The molecule has 0 aliphatic carbocycles. The number of hydrogen-bond donors (Lipinski definition) is 0. The fraction of sp³-hybridized carbons (Fsp3) is 0.667. The zero-order valence-corrected chi connectivity index (χ0v) is 9.79. The van der Waals surface area contributed by atoms with E-state index in [9.17, 15) is 0 Å². The SMILES string of the molecule is CCCCC(C)(CC)c1cccs1. The zero-order valence-electron chi connectivity index (χ0n) is 8.97. The maximum Gasteiger partial charge on any atom is 0.0104 e. The third kappa shape index (κ3) is 2.57. The Kier molecular flexibility index (Phi) is 3.98. The smallest absolute Gasteiger partial charge is 0.0104 e. The van der Waals surface area contributed by atoms with Crippen LogP contribution in [-0.4, -0.2) is 0 Å². The van der Waals surface area contributed by atoms with Crippen LogP contribution in [0.4, 0.5) is 0 Å². The van der Waals surface area contributed by atoms with Crippen LogP contribution in [0, 0.1) is 0 Å². The Bertz CT molecular complexity index is 225. The first-order chi connectivity index (χ1) is 6.23. The van der Waals surface area contributed by atoms with Crippen molar-refractivity contribution in [2.45, 2.75) is 51.9 Å². The van der Waals surface area contributed by atoms with E-state index in [1.54, 1.807) is 4.88 Å². The zero-order chi connectivity index (χ0) is 9.73. The van der Waals surface area contributed by atoms with Gasteiger partial charge in [0.25, 0.3) is 0 Å². The number of rotatable bonds is 5. The summed E-state index contributed by atoms with van der Waals surface area (Å²) in [4.78, 5) is 1.56. The van der Waals surface area contributed by atoms with E-state index in [1.165, 1.54) is 25.7 Å². The third-order valence-electron chi connectivity index (χ3n) is 2.98. The molecule has 0 N–H and O–H groups in total. The fourth-order valence-corrected chi connectivity index (χ4v) is 2.65. The minimum absolute atomic E-state index is 0.435. The molecule has 1 rings (SSSR count). The largest absolute Gasteiger partial charge is 0.148 e. The van der Waals surface area contributed by atoms with E-state index in [1.807, 2.05) is 11.3 Å². The minimum atomic E-state index is 0.435. The molecule has 1 aromatic rings. The summed E-state index contributed by atoms with van der Waals surface area (Å²) < 4.78 is 0. The van der Waals surface area contributed by atoms with Gasteiger partial charge in [0.15, 0.2) is 0 Å². The van der Waals surface area contributed by atoms with Gasteiger partial charge < -0.3 is 0 Å². The van der Waals surface area contributed by atoms with Gasteiger partial charge in [-0.2, -0.15) is 0 Å². The van der Waals surface area contributed by atoms with Crippen molar-refractivity contribution in [2.24, 2.45) is 0 Å². The normalized spacial score (nSPS) is 15.6. The Balaban J connectivity index is 2.69. The van der Waals surface area contributed by atoms with E-state index in [-0.39, 0.29) is 0 Å². The lowest BCUT2D eigenvalue weighted by Gasteiger charge is -2.26. The summed E-state index contributed by atoms with van der Waals surface area (Å²) in [6, 6.07) is 4.45. The van der Waals surface area contributed by atoms with Crippen molar-refractivity contribution in [3.8, 4) is 0 Å². The Morgan fingerprint density at radius 3 is 2.62 bits per heavy atom. The molecule has 0 saturated carbocycles. The third-order valence-corrected chi connectivity index (χ3v) is 4.15. The Morgan fingerprint density at radius 1 is 1.38 bits per heavy atom. The second kappa shape index (κ2) is 4.80. The molecule has 0 aliphatic rings. The number of unbranched alkanes of at least 4 members (excludes halogenated alkanes) is 1. The van der Waals surface area contributed by atoms with Gasteiger partial charge in [-0.1, -0.05) is 39.7 Å². The van der Waals surface area contributed by atoms with Crippen molar-refractivity contribution >= 4 is 11.3 Å². The highest BCUT2D eigenvalue weighted by molar-refractivity contribution is 7.10. The molecule has 13 heavy (non-hydrogen) atoms. The van der Waals surface area contributed by atoms with Crippen LogP contribution in [0.15, 0.2) is 17.5 Å². The first kappa shape index (κ1) is 10.8. The molecule has 0 nitrogen and oxygen atoms in total. The molecule has 0 saturated heterocycles. The summed E-state index contributed by atoms with van der Waals surface area (Å²) in [6.45, 7) is 6.97. The molecular formula is C12H20S. The van der Waals surface area contributed by atoms with Crippen molar-refractivity contribution in [3.05, 3.63) is 22.4 Å². The first-order valence-corrected chi connectivity index (χ1v) is 6.15. The summed E-state index contributed by atoms with van der Waals surface area (Å²) in [5.74, 6) is 0. The minimum Gasteiger partial charge on any atom is -0.148 e. The molecule has 1 unspecified atom stereocenters. The van der Waals surface area contributed by atoms with Crippen molar-refractivity contribution in [2.75, 3.05) is 0 Å². The van der Waals surface area contributed by atoms with Crippen molar-refractivity contribution < 1.29 is 0 Å². The molecule has 0 spiro atoms. The lowest BCUT2D eigenvalue weighted by Crippen LogP contribution is -2.18. The van der Waals surface area contributed by atoms with Crippen LogP contribution in [0.5, 0.6) is 0 Å². The molecular weight excluding hydrogens is 176 g/mol. The summed E-state index contributed by atoms with van der Waals surface area (Å²) >= 11 is 1.90. The molecule has 0 fully saturated rings. The molecule has 1 heteroatoms. The second-order valence-electron chi connectivity index (χ2n) is 4.00. The van der Waals surface area contributed by atoms with E-state index in [0.29, 0.717) is 5.41 Å². The van der Waals surface area contributed by atoms with Gasteiger partial charge in [-0.15, -0.1) is 11.3 Å². The standard InChI is InChI=1S/C12H20S/c1-4-6-9-12(3,5-2)11-8-7-10-13-11/h7-8,10H,4-6,9H2,1-3H3. The quantitative estimate of drug-likeness (QED) is 0.645. The van der Waals surface area contributed by atoms with Crippen molar-refractivity contribution in [1.29, 1.82) is 0 Å². The van der Waals surface area contributed by atoms with Crippen LogP contribution in [0.2, 0.25) is 0 Å². The van der Waals surface area contributed by atoms with Gasteiger partial charge >= 0.3 is 0 Å². The molecule has 0 aliphatic heterocycles. The predicted molar refractivity (Wildman–Crippen MR) is 61.5 cm³/mol. The lowest BCUT2D eigenvalue weighted by molar-refractivity contribution is 0.411. The molecule has 0 aromatic carbocycles. The summed E-state index contributed by atoms with van der Waals surface area (Å²) in [5, 5.41) is 2.19. The fourth-order valence-electron chi connectivity index (χ4n) is 1.66. The molecule has 1 heterocycles. The molecule has 1 atom stereocenters. The van der Waals surface area contributed by atoms with Crippen LogP contribution >= 0.6 is 11.3 Å². The molecule has 0 radical (unpaired) electrons. The van der Waals surface area contributed by atoms with Gasteiger partial charge in [0.2, 0.25) is 0 Å². The number of thiophene rings is 1. The topological polar surface area (TPSA) is 0 Å². The molecule has 74 valence electrons. The predicted octanol–water partition coefficient (Wildman–Crippen LogP) is 4.61. The molecule has 1 aromatic heterocycles. The Labute approximate surface area is 86.0 Å². The maximum atomic E-state index is 2.40. The summed E-state index contributed by atoms with van der Waals surface area (Å²) in [5.41, 5.74) is 0.435. The van der Waals surface area contributed by atoms with E-state index >= 15 is 0 Å². The Hall–Kier alpha value is -0.300. The van der Waals surface area contributed by atoms with Crippen LogP contribution in [0.3, 0.4) is 0 Å². The van der Waals surface area contributed by atoms with Gasteiger partial charge in [0.1, 0.15) is 0 Å². The monoisotopic (exact) mass is 196 g/mol. The van der Waals surface area contributed by atoms with E-state index in [0.717, 1.165) is 0 Å². The van der Waals surface area contributed by atoms with Gasteiger partial charge in [0, 0.05) is 10.3 Å². The van der Waals surface area contributed by atoms with Gasteiger partial charge in [-0.3, -0.25) is 0 Å². The molecule has 0 bridgehead atoms. The van der Waals surface area contributed by atoms with Crippen LogP contribution in [0.25, 0.3) is 0 Å². The second-order valence-corrected chi connectivity index (χ2v) is 4.94. The van der Waals surface area contributed by atoms with Gasteiger partial charge in [-0.25, -0.2) is 0 Å². The number of hydrogen-bond acceptors (Lipinski definition) is 1. The van der Waals surface area contributed by atoms with Gasteiger partial charge in [-0.05, 0) is 24.3 Å². The average Bonchev–Trinajstić information content (AvgIpc) is 2.67. The summed E-state index contributed by atoms with van der Waals surface area (Å²) in [6.07, 6.45) is 5.25. The summed E-state index contributed by atoms with van der Waals surface area (Å²) in [7, 11) is 0. The van der Waals surface area contributed by atoms with Crippen LogP contribution < -0.4 is 0 Å². The lowest BCUT2D eigenvalue weighted by atomic mass is 9.81. The van der Waals surface area contributed by atoms with Crippen LogP contribution in [0.1, 0.15) is 51.3 Å². The van der Waals surface area contributed by atoms with Crippen molar-refractivity contribution in [1.82, 2.24) is 0 Å². The highest BCUT2D eigenvalue weighted by Gasteiger charge is 2.24. The highest BCUT2D eigenvalue weighted by Crippen LogP contribution is 2.35. The highest BCUT2D eigenvalue weighted by atomic mass is 32.1. The average molecular weight is 196 g/mol. The van der Waals surface area contributed by atoms with E-state index in [2.05, 4.69) is 38.3 Å². The van der Waals surface area contributed by atoms with E-state index < -0.39 is 0 Å². The Morgan fingerprint density at radius 2 is 2.15 bits per heavy atom. The first-order valence-electron chi connectivity index (χ1n) is 5.27.